The maximum Gasteiger partial charge on any atom is 0.273 e. The molecular weight excluding hydrogens is 288 g/mol. The van der Waals surface area contributed by atoms with Gasteiger partial charge in [0.2, 0.25) is 5.09 Å². The summed E-state index contributed by atoms with van der Waals surface area (Å²) < 4.78 is 32.4. The Bertz CT molecular complexity index is 542. The van der Waals surface area contributed by atoms with Crippen LogP contribution in [0.5, 0.6) is 0 Å². The monoisotopic (exact) mass is 316 g/mol. The summed E-state index contributed by atoms with van der Waals surface area (Å²) in [4.78, 5) is 0. The van der Waals surface area contributed by atoms with Gasteiger partial charge in [-0.3, -0.25) is 0 Å². The maximum atomic E-state index is 12.2. The lowest BCUT2D eigenvalue weighted by molar-refractivity contribution is 0.262. The molecule has 0 fully saturated rings. The predicted molar refractivity (Wildman–Crippen MR) is 84.5 cm³/mol. The van der Waals surface area contributed by atoms with Crippen molar-refractivity contribution < 1.29 is 12.8 Å². The van der Waals surface area contributed by atoms with Gasteiger partial charge in [0.1, 0.15) is 5.76 Å². The SMILES string of the molecule is CC(C)NCc1ccc(S(=O)(=O)NCC(C)C(C)(C)C)o1. The van der Waals surface area contributed by atoms with Crippen molar-refractivity contribution in [2.75, 3.05) is 6.54 Å². The van der Waals surface area contributed by atoms with Gasteiger partial charge >= 0.3 is 0 Å². The molecule has 6 heteroatoms. The molecule has 2 N–H and O–H groups in total. The topological polar surface area (TPSA) is 71.3 Å². The molecule has 21 heavy (non-hydrogen) atoms. The second-order valence-corrected chi connectivity index (χ2v) is 8.57. The zero-order valence-electron chi connectivity index (χ0n) is 13.9. The van der Waals surface area contributed by atoms with Gasteiger partial charge in [-0.25, -0.2) is 13.1 Å². The molecular formula is C15H28N2O3S. The van der Waals surface area contributed by atoms with E-state index in [0.717, 1.165) is 0 Å². The van der Waals surface area contributed by atoms with Gasteiger partial charge in [-0.15, -0.1) is 0 Å². The smallest absolute Gasteiger partial charge is 0.273 e. The van der Waals surface area contributed by atoms with E-state index < -0.39 is 10.0 Å². The highest BCUT2D eigenvalue weighted by Crippen LogP contribution is 2.25. The first-order valence-corrected chi connectivity index (χ1v) is 8.82. The summed E-state index contributed by atoms with van der Waals surface area (Å²) in [6.45, 7) is 13.3. The number of furan rings is 1. The van der Waals surface area contributed by atoms with Gasteiger partial charge in [-0.1, -0.05) is 41.5 Å². The highest BCUT2D eigenvalue weighted by Gasteiger charge is 2.24. The first-order chi connectivity index (χ1) is 9.52. The average molecular weight is 316 g/mol. The Morgan fingerprint density at radius 3 is 2.33 bits per heavy atom. The molecule has 1 rings (SSSR count). The van der Waals surface area contributed by atoms with Gasteiger partial charge in [0, 0.05) is 12.6 Å². The van der Waals surface area contributed by atoms with Gasteiger partial charge in [0.05, 0.1) is 6.54 Å². The standard InChI is InChI=1S/C15H28N2O3S/c1-11(2)16-10-13-7-8-14(20-13)21(18,19)17-9-12(3)15(4,5)6/h7-8,11-12,16-17H,9-10H2,1-6H3. The van der Waals surface area contributed by atoms with Crippen LogP contribution in [0.2, 0.25) is 0 Å². The molecule has 0 aromatic carbocycles. The lowest BCUT2D eigenvalue weighted by Gasteiger charge is -2.27. The van der Waals surface area contributed by atoms with E-state index in [1.165, 1.54) is 6.07 Å². The van der Waals surface area contributed by atoms with E-state index in [2.05, 4.69) is 30.8 Å². The summed E-state index contributed by atoms with van der Waals surface area (Å²) in [6.07, 6.45) is 0. The molecule has 1 aromatic rings. The van der Waals surface area contributed by atoms with Crippen LogP contribution in [0, 0.1) is 11.3 Å². The Kier molecular flexibility index (Phi) is 6.01. The largest absolute Gasteiger partial charge is 0.447 e. The van der Waals surface area contributed by atoms with Crippen LogP contribution in [0.4, 0.5) is 0 Å². The van der Waals surface area contributed by atoms with E-state index >= 15 is 0 Å². The van der Waals surface area contributed by atoms with E-state index in [9.17, 15) is 8.42 Å². The molecule has 1 atom stereocenters. The van der Waals surface area contributed by atoms with Crippen LogP contribution in [0.15, 0.2) is 21.6 Å². The second kappa shape index (κ2) is 6.94. The van der Waals surface area contributed by atoms with Crippen molar-refractivity contribution >= 4 is 10.0 Å². The summed E-state index contributed by atoms with van der Waals surface area (Å²) in [5, 5.41) is 3.16. The van der Waals surface area contributed by atoms with E-state index in [-0.39, 0.29) is 16.4 Å². The Morgan fingerprint density at radius 1 is 1.19 bits per heavy atom. The molecule has 0 amide bonds. The van der Waals surface area contributed by atoms with Gasteiger partial charge in [0.25, 0.3) is 10.0 Å². The minimum Gasteiger partial charge on any atom is -0.447 e. The van der Waals surface area contributed by atoms with Crippen molar-refractivity contribution in [1.29, 1.82) is 0 Å². The summed E-state index contributed by atoms with van der Waals surface area (Å²) >= 11 is 0. The van der Waals surface area contributed by atoms with Gasteiger partial charge in [-0.2, -0.15) is 0 Å². The molecule has 0 aliphatic carbocycles. The predicted octanol–water partition coefficient (Wildman–Crippen LogP) is 2.74. The second-order valence-electron chi connectivity index (χ2n) is 6.88. The van der Waals surface area contributed by atoms with E-state index in [1.807, 2.05) is 20.8 Å². The fourth-order valence-corrected chi connectivity index (χ4v) is 2.59. The van der Waals surface area contributed by atoms with Crippen molar-refractivity contribution in [2.45, 2.75) is 59.2 Å². The molecule has 122 valence electrons. The highest BCUT2D eigenvalue weighted by molar-refractivity contribution is 7.89. The fourth-order valence-electron chi connectivity index (χ4n) is 1.51. The molecule has 0 aliphatic heterocycles. The van der Waals surface area contributed by atoms with E-state index in [1.54, 1.807) is 6.07 Å². The number of nitrogens with one attached hydrogen (secondary N) is 2. The van der Waals surface area contributed by atoms with E-state index in [4.69, 9.17) is 4.42 Å². The molecule has 0 saturated carbocycles. The third kappa shape index (κ3) is 5.80. The molecule has 1 unspecified atom stereocenters. The van der Waals surface area contributed by atoms with E-state index in [0.29, 0.717) is 24.9 Å². The van der Waals surface area contributed by atoms with Crippen molar-refractivity contribution in [2.24, 2.45) is 11.3 Å². The first-order valence-electron chi connectivity index (χ1n) is 7.34. The number of sulfonamides is 1. The number of hydrogen-bond donors (Lipinski definition) is 2. The van der Waals surface area contributed by atoms with Crippen LogP contribution in [-0.4, -0.2) is 21.0 Å². The Hall–Kier alpha value is -0.850. The fraction of sp³-hybridized carbons (Fsp3) is 0.733. The number of rotatable bonds is 7. The molecule has 0 spiro atoms. The highest BCUT2D eigenvalue weighted by atomic mass is 32.2. The molecule has 5 nitrogen and oxygen atoms in total. The van der Waals surface area contributed by atoms with Crippen LogP contribution >= 0.6 is 0 Å². The van der Waals surface area contributed by atoms with Crippen molar-refractivity contribution in [3.05, 3.63) is 17.9 Å². The van der Waals surface area contributed by atoms with Crippen molar-refractivity contribution in [3.8, 4) is 0 Å². The normalized spacial score (nSPS) is 14.6. The summed E-state index contributed by atoms with van der Waals surface area (Å²) in [7, 11) is -3.58. The molecule has 1 aromatic heterocycles. The third-order valence-electron chi connectivity index (χ3n) is 3.64. The maximum absolute atomic E-state index is 12.2. The van der Waals surface area contributed by atoms with Crippen LogP contribution in [-0.2, 0) is 16.6 Å². The van der Waals surface area contributed by atoms with Crippen LogP contribution in [0.3, 0.4) is 0 Å². The zero-order valence-corrected chi connectivity index (χ0v) is 14.7. The average Bonchev–Trinajstić information content (AvgIpc) is 2.81. The Labute approximate surface area is 128 Å². The Morgan fingerprint density at radius 2 is 1.81 bits per heavy atom. The lowest BCUT2D eigenvalue weighted by atomic mass is 9.82. The van der Waals surface area contributed by atoms with Crippen LogP contribution < -0.4 is 10.0 Å². The lowest BCUT2D eigenvalue weighted by Crippen LogP contribution is -2.33. The molecule has 1 heterocycles. The third-order valence-corrected chi connectivity index (χ3v) is 4.94. The molecule has 0 aliphatic rings. The molecule has 0 radical (unpaired) electrons. The minimum absolute atomic E-state index is 0.0239. The zero-order chi connectivity index (χ0) is 16.3. The Balaban J connectivity index is 2.67. The van der Waals surface area contributed by atoms with Crippen molar-refractivity contribution in [3.63, 3.8) is 0 Å². The van der Waals surface area contributed by atoms with Gasteiger partial charge in [0.15, 0.2) is 0 Å². The number of hydrogen-bond acceptors (Lipinski definition) is 4. The molecule has 0 bridgehead atoms. The summed E-state index contributed by atoms with van der Waals surface area (Å²) in [5.74, 6) is 0.845. The van der Waals surface area contributed by atoms with Crippen LogP contribution in [0.25, 0.3) is 0 Å². The quantitative estimate of drug-likeness (QED) is 0.811. The van der Waals surface area contributed by atoms with Crippen molar-refractivity contribution in [1.82, 2.24) is 10.0 Å². The van der Waals surface area contributed by atoms with Gasteiger partial charge in [-0.05, 0) is 23.5 Å². The van der Waals surface area contributed by atoms with Crippen LogP contribution in [0.1, 0.15) is 47.3 Å². The first kappa shape index (κ1) is 18.2. The summed E-state index contributed by atoms with van der Waals surface area (Å²) in [5.41, 5.74) is 0.0536. The van der Waals surface area contributed by atoms with Gasteiger partial charge < -0.3 is 9.73 Å². The molecule has 0 saturated heterocycles. The summed E-state index contributed by atoms with van der Waals surface area (Å²) in [6, 6.07) is 3.51. The minimum atomic E-state index is -3.58.